The van der Waals surface area contributed by atoms with Crippen LogP contribution in [0.4, 0.5) is 13.2 Å². The van der Waals surface area contributed by atoms with E-state index in [-0.39, 0.29) is 16.6 Å². The lowest BCUT2D eigenvalue weighted by molar-refractivity contribution is -0.107. The van der Waals surface area contributed by atoms with Gasteiger partial charge in [0.1, 0.15) is 0 Å². The number of hydrogen-bond donors (Lipinski definition) is 0. The molecule has 8 heteroatoms. The van der Waals surface area contributed by atoms with Crippen LogP contribution in [-0.4, -0.2) is 28.7 Å². The fourth-order valence-electron chi connectivity index (χ4n) is 2.74. The summed E-state index contributed by atoms with van der Waals surface area (Å²) in [6.45, 7) is 10.9. The Hall–Kier alpha value is -0.0831. The highest BCUT2D eigenvalue weighted by molar-refractivity contribution is 7.87. The van der Waals surface area contributed by atoms with E-state index in [0.29, 0.717) is 0 Å². The molecule has 0 atom stereocenters. The average molecular weight is 320 g/mol. The second-order valence-electron chi connectivity index (χ2n) is 5.72. The van der Waals surface area contributed by atoms with Crippen molar-refractivity contribution in [3.8, 4) is 0 Å². The molecule has 0 fully saturated rings. The van der Waals surface area contributed by atoms with Crippen LogP contribution in [0, 0.1) is 0 Å². The molecule has 0 saturated heterocycles. The zero-order chi connectivity index (χ0) is 15.6. The van der Waals surface area contributed by atoms with Gasteiger partial charge in [-0.1, -0.05) is 41.5 Å². The molecule has 19 heavy (non-hydrogen) atoms. The molecule has 0 spiro atoms. The van der Waals surface area contributed by atoms with E-state index in [1.807, 2.05) is 41.5 Å². The van der Waals surface area contributed by atoms with Gasteiger partial charge in [0.05, 0.1) is 0 Å². The molecule has 0 aliphatic carbocycles. The molecule has 0 unspecified atom stereocenters. The summed E-state index contributed by atoms with van der Waals surface area (Å²) >= 11 is 0. The van der Waals surface area contributed by atoms with Gasteiger partial charge in [0.25, 0.3) is 10.1 Å². The third kappa shape index (κ3) is 5.07. The van der Waals surface area contributed by atoms with E-state index in [0.717, 1.165) is 0 Å². The van der Waals surface area contributed by atoms with Crippen molar-refractivity contribution in [3.05, 3.63) is 0 Å². The monoisotopic (exact) mass is 320 g/mol. The molecule has 0 radical (unpaired) electrons. The summed E-state index contributed by atoms with van der Waals surface area (Å²) in [4.78, 5) is 0. The van der Waals surface area contributed by atoms with E-state index in [2.05, 4.69) is 0 Å². The summed E-state index contributed by atoms with van der Waals surface area (Å²) in [5, 5.41) is 0. The molecule has 0 bridgehead atoms. The van der Waals surface area contributed by atoms with Gasteiger partial charge in [0, 0.05) is 0 Å². The first-order valence-electron chi connectivity index (χ1n) is 6.24. The summed E-state index contributed by atoms with van der Waals surface area (Å²) in [6, 6.07) is 0. The highest BCUT2D eigenvalue weighted by Gasteiger charge is 2.50. The number of hydrogen-bond acceptors (Lipinski definition) is 3. The van der Waals surface area contributed by atoms with Crippen molar-refractivity contribution in [1.29, 1.82) is 0 Å². The van der Waals surface area contributed by atoms with Gasteiger partial charge in [0.2, 0.25) is 8.32 Å². The second-order valence-corrected chi connectivity index (χ2v) is 13.0. The number of alkyl halides is 3. The fraction of sp³-hybridized carbons (Fsp3) is 1.00. The van der Waals surface area contributed by atoms with Crippen molar-refractivity contribution in [3.63, 3.8) is 0 Å². The van der Waals surface area contributed by atoms with Crippen LogP contribution in [0.1, 0.15) is 41.5 Å². The first-order valence-corrected chi connectivity index (χ1v) is 9.96. The lowest BCUT2D eigenvalue weighted by Crippen LogP contribution is -2.50. The standard InChI is InChI=1S/C11H23F3O3SSi/c1-8(2)19(9(3)4,10(5)6)17-18(15,16)7-11(12,13)14/h8-10H,7H2,1-6H3. The molecule has 0 N–H and O–H groups in total. The maximum absolute atomic E-state index is 12.3. The predicted molar refractivity (Wildman–Crippen MR) is 72.0 cm³/mol. The van der Waals surface area contributed by atoms with Gasteiger partial charge < -0.3 is 3.87 Å². The van der Waals surface area contributed by atoms with Crippen molar-refractivity contribution in [2.75, 3.05) is 5.75 Å². The average Bonchev–Trinajstić information content (AvgIpc) is 2.08. The smallest absolute Gasteiger partial charge is 0.314 e. The van der Waals surface area contributed by atoms with Gasteiger partial charge in [-0.05, 0) is 16.6 Å². The molecule has 116 valence electrons. The Bertz CT molecular complexity index is 367. The molecule has 0 amide bonds. The van der Waals surface area contributed by atoms with Gasteiger partial charge in [-0.2, -0.15) is 13.2 Å². The maximum Gasteiger partial charge on any atom is 0.405 e. The Balaban J connectivity index is 5.47. The van der Waals surface area contributed by atoms with Gasteiger partial charge in [-0.25, -0.2) is 8.42 Å². The van der Waals surface area contributed by atoms with Crippen LogP contribution in [0.3, 0.4) is 0 Å². The largest absolute Gasteiger partial charge is 0.405 e. The van der Waals surface area contributed by atoms with Crippen molar-refractivity contribution >= 4 is 18.4 Å². The minimum absolute atomic E-state index is 0.0875. The minimum Gasteiger partial charge on any atom is -0.314 e. The summed E-state index contributed by atoms with van der Waals surface area (Å²) in [6.07, 6.45) is -4.77. The topological polar surface area (TPSA) is 43.4 Å². The zero-order valence-corrected chi connectivity index (χ0v) is 14.0. The zero-order valence-electron chi connectivity index (χ0n) is 12.2. The van der Waals surface area contributed by atoms with Crippen molar-refractivity contribution in [2.24, 2.45) is 0 Å². The second kappa shape index (κ2) is 6.13. The Morgan fingerprint density at radius 3 is 1.47 bits per heavy atom. The van der Waals surface area contributed by atoms with Gasteiger partial charge in [-0.15, -0.1) is 0 Å². The van der Waals surface area contributed by atoms with Crippen molar-refractivity contribution < 1.29 is 25.5 Å². The summed E-state index contributed by atoms with van der Waals surface area (Å²) < 4.78 is 65.4. The molecule has 0 aromatic heterocycles. The SMILES string of the molecule is CC(C)[Si](OS(=O)(=O)CC(F)(F)F)(C(C)C)C(C)C. The van der Waals surface area contributed by atoms with Gasteiger partial charge >= 0.3 is 6.18 Å². The van der Waals surface area contributed by atoms with Crippen LogP contribution in [0.25, 0.3) is 0 Å². The van der Waals surface area contributed by atoms with Crippen LogP contribution >= 0.6 is 0 Å². The van der Waals surface area contributed by atoms with Crippen LogP contribution in [-0.2, 0) is 14.0 Å². The van der Waals surface area contributed by atoms with Crippen LogP contribution in [0.5, 0.6) is 0 Å². The van der Waals surface area contributed by atoms with E-state index in [9.17, 15) is 21.6 Å². The Kier molecular flexibility index (Phi) is 6.11. The highest BCUT2D eigenvalue weighted by atomic mass is 32.2. The quantitative estimate of drug-likeness (QED) is 0.693. The molecule has 0 aliphatic rings. The van der Waals surface area contributed by atoms with Crippen LogP contribution in [0.2, 0.25) is 16.6 Å². The molecular weight excluding hydrogens is 297 g/mol. The molecule has 0 aliphatic heterocycles. The fourth-order valence-corrected chi connectivity index (χ4v) is 11.4. The first kappa shape index (κ1) is 18.9. The lowest BCUT2D eigenvalue weighted by atomic mass is 10.5. The Morgan fingerprint density at radius 2 is 1.26 bits per heavy atom. The van der Waals surface area contributed by atoms with E-state index >= 15 is 0 Å². The summed E-state index contributed by atoms with van der Waals surface area (Å²) in [5.74, 6) is -1.92. The van der Waals surface area contributed by atoms with Gasteiger partial charge in [-0.3, -0.25) is 0 Å². The Labute approximate surface area is 114 Å². The van der Waals surface area contributed by atoms with Crippen LogP contribution < -0.4 is 0 Å². The molecule has 0 heterocycles. The van der Waals surface area contributed by atoms with E-state index in [4.69, 9.17) is 3.87 Å². The molecule has 0 aromatic carbocycles. The van der Waals surface area contributed by atoms with E-state index in [1.54, 1.807) is 0 Å². The van der Waals surface area contributed by atoms with Crippen LogP contribution in [0.15, 0.2) is 0 Å². The third-order valence-corrected chi connectivity index (χ3v) is 11.6. The first-order chi connectivity index (χ1) is 8.24. The molecule has 0 rings (SSSR count). The minimum atomic E-state index is -4.77. The summed E-state index contributed by atoms with van der Waals surface area (Å²) in [7, 11) is -7.45. The molecular formula is C11H23F3O3SSi. The lowest BCUT2D eigenvalue weighted by Gasteiger charge is -2.40. The molecule has 0 aromatic rings. The number of halogens is 3. The molecule has 0 saturated carbocycles. The molecule has 3 nitrogen and oxygen atoms in total. The van der Waals surface area contributed by atoms with Gasteiger partial charge in [0.15, 0.2) is 5.75 Å². The summed E-state index contributed by atoms with van der Waals surface area (Å²) in [5.41, 5.74) is -0.262. The predicted octanol–water partition coefficient (Wildman–Crippen LogP) is 4.07. The third-order valence-electron chi connectivity index (χ3n) is 3.32. The van der Waals surface area contributed by atoms with Crippen molar-refractivity contribution in [1.82, 2.24) is 0 Å². The normalized spacial score (nSPS) is 14.7. The highest BCUT2D eigenvalue weighted by Crippen LogP contribution is 2.43. The maximum atomic E-state index is 12.3. The number of rotatable bonds is 6. The van der Waals surface area contributed by atoms with E-state index in [1.165, 1.54) is 0 Å². The van der Waals surface area contributed by atoms with E-state index < -0.39 is 30.4 Å². The Morgan fingerprint density at radius 1 is 0.947 bits per heavy atom. The van der Waals surface area contributed by atoms with Crippen molar-refractivity contribution in [2.45, 2.75) is 64.3 Å².